The molecular formula is C25H26N2O4. The van der Waals surface area contributed by atoms with E-state index in [0.29, 0.717) is 18.8 Å². The highest BCUT2D eigenvalue weighted by Gasteiger charge is 2.12. The van der Waals surface area contributed by atoms with Crippen LogP contribution in [0.5, 0.6) is 11.5 Å². The Morgan fingerprint density at radius 2 is 1.77 bits per heavy atom. The van der Waals surface area contributed by atoms with Crippen LogP contribution in [-0.2, 0) is 12.8 Å². The zero-order valence-corrected chi connectivity index (χ0v) is 17.4. The van der Waals surface area contributed by atoms with Gasteiger partial charge in [0.15, 0.2) is 0 Å². The summed E-state index contributed by atoms with van der Waals surface area (Å²) in [5.74, 6) is 1.52. The van der Waals surface area contributed by atoms with Gasteiger partial charge in [-0.1, -0.05) is 12.1 Å². The molecule has 1 unspecified atom stereocenters. The van der Waals surface area contributed by atoms with Crippen molar-refractivity contribution in [2.24, 2.45) is 0 Å². The molecule has 0 aliphatic heterocycles. The maximum absolute atomic E-state index is 11.4. The van der Waals surface area contributed by atoms with Crippen molar-refractivity contribution in [1.29, 1.82) is 0 Å². The molecule has 160 valence electrons. The van der Waals surface area contributed by atoms with E-state index in [1.807, 2.05) is 37.4 Å². The van der Waals surface area contributed by atoms with Crippen molar-refractivity contribution >= 4 is 10.9 Å². The predicted molar refractivity (Wildman–Crippen MR) is 121 cm³/mol. The lowest BCUT2D eigenvalue weighted by Crippen LogP contribution is -2.21. The number of nitrogens with one attached hydrogen (secondary N) is 2. The molecule has 4 rings (SSSR count). The van der Waals surface area contributed by atoms with E-state index >= 15 is 0 Å². The average molecular weight is 418 g/mol. The van der Waals surface area contributed by atoms with Crippen molar-refractivity contribution in [3.05, 3.63) is 94.0 Å². The van der Waals surface area contributed by atoms with Gasteiger partial charge in [-0.2, -0.15) is 0 Å². The quantitative estimate of drug-likeness (QED) is 0.386. The number of aromatic nitrogens is 2. The molecular weight excluding hydrogens is 392 g/mol. The smallest absolute Gasteiger partial charge is 0.248 e. The first-order chi connectivity index (χ1) is 15.1. The van der Waals surface area contributed by atoms with Crippen LogP contribution < -0.4 is 15.0 Å². The molecule has 2 heterocycles. The summed E-state index contributed by atoms with van der Waals surface area (Å²) in [5.41, 5.74) is 3.96. The molecule has 6 heteroatoms. The highest BCUT2D eigenvalue weighted by molar-refractivity contribution is 5.79. The number of aliphatic hydroxyl groups excluding tert-OH is 1. The van der Waals surface area contributed by atoms with Crippen molar-refractivity contribution in [2.45, 2.75) is 25.9 Å². The molecule has 0 radical (unpaired) electrons. The Balaban J connectivity index is 1.35. The molecule has 2 aromatic heterocycles. The minimum atomic E-state index is -0.649. The van der Waals surface area contributed by atoms with E-state index in [-0.39, 0.29) is 12.2 Å². The van der Waals surface area contributed by atoms with Crippen LogP contribution in [-0.4, -0.2) is 34.4 Å². The number of pyridine rings is 1. The highest BCUT2D eigenvalue weighted by atomic mass is 16.5. The minimum Gasteiger partial charge on any atom is -0.494 e. The number of aromatic amines is 2. The highest BCUT2D eigenvalue weighted by Crippen LogP contribution is 2.20. The lowest BCUT2D eigenvalue weighted by molar-refractivity contribution is 0.107. The fourth-order valence-corrected chi connectivity index (χ4v) is 3.59. The van der Waals surface area contributed by atoms with Gasteiger partial charge in [-0.15, -0.1) is 0 Å². The van der Waals surface area contributed by atoms with Crippen molar-refractivity contribution in [3.63, 3.8) is 0 Å². The summed E-state index contributed by atoms with van der Waals surface area (Å²) >= 11 is 0. The molecule has 4 aromatic rings. The van der Waals surface area contributed by atoms with Gasteiger partial charge in [0.2, 0.25) is 5.56 Å². The summed E-state index contributed by atoms with van der Waals surface area (Å²) in [5, 5.41) is 11.4. The molecule has 6 nitrogen and oxygen atoms in total. The van der Waals surface area contributed by atoms with E-state index in [1.165, 1.54) is 11.6 Å². The fraction of sp³-hybridized carbons (Fsp3) is 0.240. The summed E-state index contributed by atoms with van der Waals surface area (Å²) in [4.78, 5) is 17.4. The third-order valence-corrected chi connectivity index (χ3v) is 5.14. The number of rotatable bonds is 9. The number of H-pyrrole nitrogens is 2. The van der Waals surface area contributed by atoms with Gasteiger partial charge in [0.25, 0.3) is 0 Å². The molecule has 0 saturated heterocycles. The first kappa shape index (κ1) is 20.8. The zero-order valence-electron chi connectivity index (χ0n) is 17.4. The molecule has 0 fully saturated rings. The third kappa shape index (κ3) is 5.35. The Bertz CT molecular complexity index is 1190. The van der Waals surface area contributed by atoms with Gasteiger partial charge in [0, 0.05) is 35.3 Å². The number of hydrogen-bond acceptors (Lipinski definition) is 4. The van der Waals surface area contributed by atoms with E-state index < -0.39 is 6.10 Å². The summed E-state index contributed by atoms with van der Waals surface area (Å²) in [6.07, 6.45) is 2.50. The van der Waals surface area contributed by atoms with Gasteiger partial charge in [-0.25, -0.2) is 0 Å². The van der Waals surface area contributed by atoms with Crippen molar-refractivity contribution in [2.75, 3.05) is 13.2 Å². The van der Waals surface area contributed by atoms with Gasteiger partial charge < -0.3 is 24.5 Å². The number of fused-ring (bicyclic) bond motifs is 1. The van der Waals surface area contributed by atoms with E-state index in [4.69, 9.17) is 9.47 Å². The van der Waals surface area contributed by atoms with E-state index in [0.717, 1.165) is 34.3 Å². The summed E-state index contributed by atoms with van der Waals surface area (Å²) < 4.78 is 11.3. The SMILES string of the molecule is CCOc1ccc(Cc2cc[nH]c2CC(O)COc2ccc3[nH]c(=O)ccc3c2)cc1. The van der Waals surface area contributed by atoms with Crippen molar-refractivity contribution < 1.29 is 14.6 Å². The van der Waals surface area contributed by atoms with Gasteiger partial charge in [0.05, 0.1) is 12.7 Å². The van der Waals surface area contributed by atoms with Crippen LogP contribution in [0.2, 0.25) is 0 Å². The molecule has 0 aliphatic carbocycles. The molecule has 0 spiro atoms. The van der Waals surface area contributed by atoms with E-state index in [2.05, 4.69) is 22.1 Å². The van der Waals surface area contributed by atoms with Gasteiger partial charge in [-0.05, 0) is 66.9 Å². The second-order valence-corrected chi connectivity index (χ2v) is 7.48. The van der Waals surface area contributed by atoms with Crippen LogP contribution in [0.4, 0.5) is 0 Å². The lowest BCUT2D eigenvalue weighted by atomic mass is 10.0. The van der Waals surface area contributed by atoms with Crippen molar-refractivity contribution in [3.8, 4) is 11.5 Å². The van der Waals surface area contributed by atoms with Gasteiger partial charge >= 0.3 is 0 Å². The Morgan fingerprint density at radius 3 is 2.58 bits per heavy atom. The van der Waals surface area contributed by atoms with E-state index in [9.17, 15) is 9.90 Å². The first-order valence-electron chi connectivity index (χ1n) is 10.4. The van der Waals surface area contributed by atoms with E-state index in [1.54, 1.807) is 18.2 Å². The van der Waals surface area contributed by atoms with Crippen LogP contribution in [0, 0.1) is 0 Å². The van der Waals surface area contributed by atoms with Gasteiger partial charge in [0.1, 0.15) is 18.1 Å². The normalized spacial score (nSPS) is 12.1. The lowest BCUT2D eigenvalue weighted by Gasteiger charge is -2.13. The Morgan fingerprint density at radius 1 is 0.968 bits per heavy atom. The molecule has 2 aromatic carbocycles. The molecule has 1 atom stereocenters. The number of benzene rings is 2. The monoisotopic (exact) mass is 418 g/mol. The number of hydrogen-bond donors (Lipinski definition) is 3. The predicted octanol–water partition coefficient (Wildman–Crippen LogP) is 3.83. The minimum absolute atomic E-state index is 0.136. The fourth-order valence-electron chi connectivity index (χ4n) is 3.59. The number of aliphatic hydroxyl groups is 1. The Hall–Kier alpha value is -3.51. The third-order valence-electron chi connectivity index (χ3n) is 5.14. The Labute approximate surface area is 180 Å². The van der Waals surface area contributed by atoms with Crippen LogP contribution in [0.15, 0.2) is 71.7 Å². The zero-order chi connectivity index (χ0) is 21.6. The van der Waals surface area contributed by atoms with Crippen molar-refractivity contribution in [1.82, 2.24) is 9.97 Å². The second kappa shape index (κ2) is 9.53. The van der Waals surface area contributed by atoms with Crippen LogP contribution in [0.3, 0.4) is 0 Å². The van der Waals surface area contributed by atoms with Crippen LogP contribution in [0.25, 0.3) is 10.9 Å². The topological polar surface area (TPSA) is 87.3 Å². The maximum Gasteiger partial charge on any atom is 0.248 e. The Kier molecular flexibility index (Phi) is 6.38. The molecule has 3 N–H and O–H groups in total. The molecule has 0 amide bonds. The summed E-state index contributed by atoms with van der Waals surface area (Å²) in [7, 11) is 0. The first-order valence-corrected chi connectivity index (χ1v) is 10.4. The van der Waals surface area contributed by atoms with Gasteiger partial charge in [-0.3, -0.25) is 4.79 Å². The maximum atomic E-state index is 11.4. The molecule has 0 aliphatic rings. The standard InChI is InChI=1S/C25H26N2O4/c1-2-30-21-6-3-17(4-7-21)13-19-11-12-26-24(19)15-20(28)16-31-22-8-9-23-18(14-22)5-10-25(29)27-23/h3-12,14,20,26,28H,2,13,15-16H2,1H3,(H,27,29). The molecule has 0 bridgehead atoms. The van der Waals surface area contributed by atoms with Crippen LogP contribution >= 0.6 is 0 Å². The second-order valence-electron chi connectivity index (χ2n) is 7.48. The van der Waals surface area contributed by atoms with Crippen LogP contribution in [0.1, 0.15) is 23.7 Å². The average Bonchev–Trinajstić information content (AvgIpc) is 3.20. The molecule has 31 heavy (non-hydrogen) atoms. The molecule has 0 saturated carbocycles. The summed E-state index contributed by atoms with van der Waals surface area (Å²) in [6.45, 7) is 2.80. The number of ether oxygens (including phenoxy) is 2. The largest absolute Gasteiger partial charge is 0.494 e. The summed E-state index contributed by atoms with van der Waals surface area (Å²) in [6, 6.07) is 18.8.